The van der Waals surface area contributed by atoms with Crippen molar-refractivity contribution in [1.82, 2.24) is 14.9 Å². The van der Waals surface area contributed by atoms with Gasteiger partial charge in [0, 0.05) is 48.6 Å². The highest BCUT2D eigenvalue weighted by Crippen LogP contribution is 2.24. The molecule has 6 nitrogen and oxygen atoms in total. The average Bonchev–Trinajstić information content (AvgIpc) is 2.58. The number of amides is 1. The fraction of sp³-hybridized carbons (Fsp3) is 0.353. The average molecular weight is 346 g/mol. The highest BCUT2D eigenvalue weighted by atomic mass is 35.5. The first kappa shape index (κ1) is 16.5. The first-order chi connectivity index (χ1) is 11.5. The van der Waals surface area contributed by atoms with Crippen LogP contribution in [0.4, 0.5) is 17.5 Å². The molecule has 2 heterocycles. The first-order valence-electron chi connectivity index (χ1n) is 7.88. The van der Waals surface area contributed by atoms with E-state index < -0.39 is 0 Å². The van der Waals surface area contributed by atoms with Gasteiger partial charge in [0.1, 0.15) is 5.82 Å². The summed E-state index contributed by atoms with van der Waals surface area (Å²) in [6.07, 6.45) is 0.892. The molecule has 24 heavy (non-hydrogen) atoms. The lowest BCUT2D eigenvalue weighted by Crippen LogP contribution is -2.46. The summed E-state index contributed by atoms with van der Waals surface area (Å²) in [5.41, 5.74) is 2.91. The van der Waals surface area contributed by atoms with Crippen LogP contribution in [0.2, 0.25) is 5.02 Å². The lowest BCUT2D eigenvalue weighted by atomic mass is 10.2. The molecule has 1 fully saturated rings. The topological polar surface area (TPSA) is 61.4 Å². The monoisotopic (exact) mass is 345 g/mol. The normalized spacial score (nSPS) is 14.6. The van der Waals surface area contributed by atoms with Gasteiger partial charge in [-0.05, 0) is 31.5 Å². The third kappa shape index (κ3) is 3.76. The van der Waals surface area contributed by atoms with Crippen LogP contribution in [0.3, 0.4) is 0 Å². The van der Waals surface area contributed by atoms with Crippen LogP contribution in [-0.2, 0) is 4.79 Å². The van der Waals surface area contributed by atoms with E-state index in [9.17, 15) is 4.79 Å². The number of hydrogen-bond donors (Lipinski definition) is 1. The number of carbonyl (C=O) groups is 1. The van der Waals surface area contributed by atoms with Crippen LogP contribution in [0.25, 0.3) is 0 Å². The molecule has 1 saturated heterocycles. The van der Waals surface area contributed by atoms with E-state index >= 15 is 0 Å². The van der Waals surface area contributed by atoms with Crippen molar-refractivity contribution in [2.24, 2.45) is 0 Å². The number of carbonyl (C=O) groups excluding carboxylic acids is 1. The van der Waals surface area contributed by atoms with Gasteiger partial charge in [0.15, 0.2) is 0 Å². The van der Waals surface area contributed by atoms with Gasteiger partial charge in [-0.2, -0.15) is 4.98 Å². The summed E-state index contributed by atoms with van der Waals surface area (Å²) in [6, 6.07) is 7.63. The van der Waals surface area contributed by atoms with E-state index in [4.69, 9.17) is 11.6 Å². The molecular weight excluding hydrogens is 326 g/mol. The number of rotatable bonds is 4. The summed E-state index contributed by atoms with van der Waals surface area (Å²) in [5, 5.41) is 4.00. The Kier molecular flexibility index (Phi) is 4.85. The Hall–Kier alpha value is -2.34. The molecule has 1 aromatic carbocycles. The van der Waals surface area contributed by atoms with Crippen LogP contribution in [0, 0.1) is 13.8 Å². The molecule has 0 atom stereocenters. The fourth-order valence-electron chi connectivity index (χ4n) is 2.65. The van der Waals surface area contributed by atoms with Crippen molar-refractivity contribution in [3.8, 4) is 0 Å². The standard InChI is InChI=1S/C17H20ClN5O/c1-12-3-4-14(18)10-15(12)20-16-9-13(2)19-17(21-16)23-7-5-22(11-24)6-8-23/h3-4,9-11H,5-8H2,1-2H3,(H,19,20,21). The van der Waals surface area contributed by atoms with Gasteiger partial charge in [-0.1, -0.05) is 17.7 Å². The minimum absolute atomic E-state index is 0.680. The lowest BCUT2D eigenvalue weighted by molar-refractivity contribution is -0.118. The second-order valence-corrected chi connectivity index (χ2v) is 6.34. The second kappa shape index (κ2) is 7.05. The maximum absolute atomic E-state index is 10.8. The Bertz CT molecular complexity index is 744. The smallest absolute Gasteiger partial charge is 0.227 e. The van der Waals surface area contributed by atoms with E-state index in [0.717, 1.165) is 42.3 Å². The van der Waals surface area contributed by atoms with Crippen molar-refractivity contribution in [3.63, 3.8) is 0 Å². The van der Waals surface area contributed by atoms with E-state index in [1.54, 1.807) is 4.90 Å². The number of piperazine rings is 1. The number of hydrogen-bond acceptors (Lipinski definition) is 5. The fourth-order valence-corrected chi connectivity index (χ4v) is 2.82. The zero-order valence-corrected chi connectivity index (χ0v) is 14.5. The van der Waals surface area contributed by atoms with E-state index in [1.807, 2.05) is 38.1 Å². The predicted molar refractivity (Wildman–Crippen MR) is 96.1 cm³/mol. The number of halogens is 1. The summed E-state index contributed by atoms with van der Waals surface area (Å²) >= 11 is 6.08. The van der Waals surface area contributed by atoms with Crippen LogP contribution in [0.1, 0.15) is 11.3 Å². The Morgan fingerprint density at radius 2 is 1.88 bits per heavy atom. The molecule has 0 aliphatic carbocycles. The molecule has 126 valence electrons. The molecule has 7 heteroatoms. The molecular formula is C17H20ClN5O. The van der Waals surface area contributed by atoms with Gasteiger partial charge >= 0.3 is 0 Å². The van der Waals surface area contributed by atoms with Crippen molar-refractivity contribution < 1.29 is 4.79 Å². The maximum atomic E-state index is 10.8. The molecule has 3 rings (SSSR count). The van der Waals surface area contributed by atoms with E-state index in [-0.39, 0.29) is 0 Å². The summed E-state index contributed by atoms with van der Waals surface area (Å²) in [7, 11) is 0. The number of anilines is 3. The quantitative estimate of drug-likeness (QED) is 0.863. The van der Waals surface area contributed by atoms with Crippen molar-refractivity contribution in [1.29, 1.82) is 0 Å². The summed E-state index contributed by atoms with van der Waals surface area (Å²) in [4.78, 5) is 23.9. The number of nitrogens with zero attached hydrogens (tertiary/aromatic N) is 4. The highest BCUT2D eigenvalue weighted by Gasteiger charge is 2.18. The molecule has 1 N–H and O–H groups in total. The first-order valence-corrected chi connectivity index (χ1v) is 8.26. The van der Waals surface area contributed by atoms with E-state index in [2.05, 4.69) is 20.2 Å². The minimum atomic E-state index is 0.680. The van der Waals surface area contributed by atoms with Crippen LogP contribution >= 0.6 is 11.6 Å². The summed E-state index contributed by atoms with van der Waals surface area (Å²) in [6.45, 7) is 6.82. The molecule has 1 aromatic heterocycles. The third-order valence-electron chi connectivity index (χ3n) is 4.05. The van der Waals surface area contributed by atoms with Crippen LogP contribution in [0.15, 0.2) is 24.3 Å². The second-order valence-electron chi connectivity index (χ2n) is 5.91. The molecule has 1 amide bonds. The van der Waals surface area contributed by atoms with Crippen molar-refractivity contribution >= 4 is 35.5 Å². The van der Waals surface area contributed by atoms with Crippen molar-refractivity contribution in [2.75, 3.05) is 36.4 Å². The summed E-state index contributed by atoms with van der Waals surface area (Å²) in [5.74, 6) is 1.42. The van der Waals surface area contributed by atoms with Gasteiger partial charge in [0.2, 0.25) is 12.4 Å². The molecule has 1 aliphatic rings. The molecule has 0 radical (unpaired) electrons. The summed E-state index contributed by atoms with van der Waals surface area (Å²) < 4.78 is 0. The zero-order chi connectivity index (χ0) is 17.1. The molecule has 0 saturated carbocycles. The molecule has 0 bridgehead atoms. The van der Waals surface area contributed by atoms with Crippen molar-refractivity contribution in [3.05, 3.63) is 40.5 Å². The van der Waals surface area contributed by atoms with Gasteiger partial charge in [-0.15, -0.1) is 0 Å². The van der Waals surface area contributed by atoms with E-state index in [0.29, 0.717) is 24.1 Å². The molecule has 0 unspecified atom stereocenters. The van der Waals surface area contributed by atoms with Gasteiger partial charge in [0.05, 0.1) is 0 Å². The SMILES string of the molecule is Cc1cc(Nc2cc(Cl)ccc2C)nc(N2CCN(C=O)CC2)n1. The van der Waals surface area contributed by atoms with Gasteiger partial charge in [0.25, 0.3) is 0 Å². The lowest BCUT2D eigenvalue weighted by Gasteiger charge is -2.32. The van der Waals surface area contributed by atoms with Gasteiger partial charge in [-0.25, -0.2) is 4.98 Å². The number of benzene rings is 1. The highest BCUT2D eigenvalue weighted by molar-refractivity contribution is 6.30. The number of aryl methyl sites for hydroxylation is 2. The predicted octanol–water partition coefficient (Wildman–Crippen LogP) is 2.77. The molecule has 2 aromatic rings. The zero-order valence-electron chi connectivity index (χ0n) is 13.8. The van der Waals surface area contributed by atoms with Crippen LogP contribution in [0.5, 0.6) is 0 Å². The van der Waals surface area contributed by atoms with Gasteiger partial charge in [-0.3, -0.25) is 4.79 Å². The van der Waals surface area contributed by atoms with Crippen LogP contribution < -0.4 is 10.2 Å². The number of nitrogens with one attached hydrogen (secondary N) is 1. The van der Waals surface area contributed by atoms with E-state index in [1.165, 1.54) is 0 Å². The van der Waals surface area contributed by atoms with Crippen LogP contribution in [-0.4, -0.2) is 47.5 Å². The Morgan fingerprint density at radius 3 is 2.58 bits per heavy atom. The third-order valence-corrected chi connectivity index (χ3v) is 4.29. The largest absolute Gasteiger partial charge is 0.342 e. The molecule has 0 spiro atoms. The Balaban J connectivity index is 1.81. The van der Waals surface area contributed by atoms with Gasteiger partial charge < -0.3 is 15.1 Å². The Morgan fingerprint density at radius 1 is 1.12 bits per heavy atom. The molecule has 1 aliphatic heterocycles. The minimum Gasteiger partial charge on any atom is -0.342 e. The number of aromatic nitrogens is 2. The Labute approximate surface area is 146 Å². The maximum Gasteiger partial charge on any atom is 0.227 e. The van der Waals surface area contributed by atoms with Crippen molar-refractivity contribution in [2.45, 2.75) is 13.8 Å².